The molecule has 1 saturated carbocycles. The number of hydrogen-bond acceptors (Lipinski definition) is 4. The van der Waals surface area contributed by atoms with E-state index < -0.39 is 12.1 Å². The van der Waals surface area contributed by atoms with Gasteiger partial charge in [0.2, 0.25) is 0 Å². The number of H-pyrrole nitrogens is 1. The van der Waals surface area contributed by atoms with E-state index in [1.807, 2.05) is 6.07 Å². The van der Waals surface area contributed by atoms with Gasteiger partial charge in [-0.15, -0.1) is 0 Å². The van der Waals surface area contributed by atoms with Gasteiger partial charge in [0.25, 0.3) is 5.91 Å². The van der Waals surface area contributed by atoms with Crippen molar-refractivity contribution in [3.63, 3.8) is 0 Å². The fourth-order valence-electron chi connectivity index (χ4n) is 2.85. The lowest BCUT2D eigenvalue weighted by molar-refractivity contribution is -0.120. The largest absolute Gasteiger partial charge is 0.326 e. The van der Waals surface area contributed by atoms with Crippen LogP contribution in [0, 0.1) is 0 Å². The molecule has 1 atom stereocenters. The highest BCUT2D eigenvalue weighted by atomic mass is 16.2. The number of aromatic nitrogens is 2. The second kappa shape index (κ2) is 6.51. The number of carbonyl (C=O) groups is 3. The lowest BCUT2D eigenvalue weighted by atomic mass is 10.1. The Bertz CT molecular complexity index is 856. The van der Waals surface area contributed by atoms with Gasteiger partial charge < -0.3 is 10.6 Å². The molecule has 9 heteroatoms. The van der Waals surface area contributed by atoms with Crippen molar-refractivity contribution in [2.24, 2.45) is 0 Å². The third-order valence-electron chi connectivity index (χ3n) is 4.37. The molecule has 1 aliphatic carbocycles. The Morgan fingerprint density at radius 1 is 1.15 bits per heavy atom. The lowest BCUT2D eigenvalue weighted by Gasteiger charge is -2.09. The quantitative estimate of drug-likeness (QED) is 0.523. The Kier molecular flexibility index (Phi) is 4.04. The highest BCUT2D eigenvalue weighted by Gasteiger charge is 2.29. The standard InChI is InChI=1S/C17H18N6O3/c24-15-13(19-17(26)21-15)7-9-1-5-11(6-2-9)18-16(25)20-14-8-12(22-23-14)10-3-4-10/h1-2,5-6,8,10,13H,3-4,7H2,(H2,19,21,24,26)(H3,18,20,22,23,25). The van der Waals surface area contributed by atoms with Crippen molar-refractivity contribution in [2.45, 2.75) is 31.2 Å². The number of imide groups is 1. The summed E-state index contributed by atoms with van der Waals surface area (Å²) in [5.74, 6) is 0.700. The van der Waals surface area contributed by atoms with Crippen LogP contribution in [0.3, 0.4) is 0 Å². The maximum absolute atomic E-state index is 12.0. The molecule has 1 saturated heterocycles. The van der Waals surface area contributed by atoms with Gasteiger partial charge in [-0.25, -0.2) is 9.59 Å². The van der Waals surface area contributed by atoms with Crippen molar-refractivity contribution in [3.05, 3.63) is 41.6 Å². The summed E-state index contributed by atoms with van der Waals surface area (Å²) in [5, 5.41) is 17.2. The van der Waals surface area contributed by atoms with Crippen molar-refractivity contribution in [1.29, 1.82) is 0 Å². The molecule has 2 aliphatic rings. The van der Waals surface area contributed by atoms with E-state index in [4.69, 9.17) is 0 Å². The van der Waals surface area contributed by atoms with Gasteiger partial charge in [0.1, 0.15) is 6.04 Å². The number of hydrogen-bond donors (Lipinski definition) is 5. The number of urea groups is 2. The fourth-order valence-corrected chi connectivity index (χ4v) is 2.85. The Hall–Kier alpha value is -3.36. The number of benzene rings is 1. The van der Waals surface area contributed by atoms with Crippen LogP contribution in [0.15, 0.2) is 30.3 Å². The summed E-state index contributed by atoms with van der Waals surface area (Å²) in [6, 6.07) is 7.51. The molecule has 0 spiro atoms. The molecular weight excluding hydrogens is 336 g/mol. The van der Waals surface area contributed by atoms with Crippen LogP contribution in [0.1, 0.15) is 30.0 Å². The van der Waals surface area contributed by atoms with Gasteiger partial charge in [0, 0.05) is 29.8 Å². The molecule has 4 rings (SSSR count). The van der Waals surface area contributed by atoms with Crippen LogP contribution in [0.25, 0.3) is 0 Å². The summed E-state index contributed by atoms with van der Waals surface area (Å²) < 4.78 is 0. The van der Waals surface area contributed by atoms with E-state index in [1.54, 1.807) is 24.3 Å². The van der Waals surface area contributed by atoms with E-state index >= 15 is 0 Å². The van der Waals surface area contributed by atoms with Crippen LogP contribution in [0.2, 0.25) is 0 Å². The molecule has 134 valence electrons. The van der Waals surface area contributed by atoms with Gasteiger partial charge in [0.15, 0.2) is 5.82 Å². The summed E-state index contributed by atoms with van der Waals surface area (Å²) in [7, 11) is 0. The minimum absolute atomic E-state index is 0.332. The van der Waals surface area contributed by atoms with Gasteiger partial charge in [-0.2, -0.15) is 5.10 Å². The number of nitrogens with one attached hydrogen (secondary N) is 5. The Balaban J connectivity index is 1.31. The molecule has 1 aliphatic heterocycles. The molecule has 0 bridgehead atoms. The van der Waals surface area contributed by atoms with Crippen molar-refractivity contribution >= 4 is 29.5 Å². The maximum atomic E-state index is 12.0. The van der Waals surface area contributed by atoms with Gasteiger partial charge >= 0.3 is 12.1 Å². The molecule has 1 aromatic carbocycles. The minimum Gasteiger partial charge on any atom is -0.326 e. The maximum Gasteiger partial charge on any atom is 0.324 e. The summed E-state index contributed by atoms with van der Waals surface area (Å²) in [5.41, 5.74) is 2.54. The predicted octanol–water partition coefficient (Wildman–Crippen LogP) is 1.68. The van der Waals surface area contributed by atoms with Crippen LogP contribution < -0.4 is 21.3 Å². The smallest absolute Gasteiger partial charge is 0.324 e. The van der Waals surface area contributed by atoms with Crippen molar-refractivity contribution in [3.8, 4) is 0 Å². The molecule has 9 nitrogen and oxygen atoms in total. The van der Waals surface area contributed by atoms with E-state index in [-0.39, 0.29) is 11.9 Å². The Morgan fingerprint density at radius 3 is 2.58 bits per heavy atom. The number of amides is 5. The molecule has 1 aromatic heterocycles. The number of aromatic amines is 1. The summed E-state index contributed by atoms with van der Waals surface area (Å²) >= 11 is 0. The monoisotopic (exact) mass is 354 g/mol. The zero-order valence-corrected chi connectivity index (χ0v) is 13.8. The Morgan fingerprint density at radius 2 is 1.92 bits per heavy atom. The number of nitrogens with zero attached hydrogens (tertiary/aromatic N) is 1. The molecule has 26 heavy (non-hydrogen) atoms. The zero-order valence-electron chi connectivity index (χ0n) is 13.8. The van der Waals surface area contributed by atoms with Crippen LogP contribution >= 0.6 is 0 Å². The summed E-state index contributed by atoms with van der Waals surface area (Å²) in [6.07, 6.45) is 2.71. The summed E-state index contributed by atoms with van der Waals surface area (Å²) in [4.78, 5) is 34.7. The third kappa shape index (κ3) is 3.66. The van der Waals surface area contributed by atoms with E-state index in [0.29, 0.717) is 23.8 Å². The van der Waals surface area contributed by atoms with Crippen molar-refractivity contribution in [2.75, 3.05) is 10.6 Å². The molecule has 2 aromatic rings. The average Bonchev–Trinajstić information content (AvgIpc) is 3.27. The number of anilines is 2. The predicted molar refractivity (Wildman–Crippen MR) is 93.8 cm³/mol. The first-order valence-electron chi connectivity index (χ1n) is 8.40. The molecule has 5 amide bonds. The topological polar surface area (TPSA) is 128 Å². The number of rotatable bonds is 5. The molecule has 5 N–H and O–H groups in total. The minimum atomic E-state index is -0.565. The second-order valence-electron chi connectivity index (χ2n) is 6.48. The van der Waals surface area contributed by atoms with E-state index in [1.165, 1.54) is 0 Å². The molecular formula is C17H18N6O3. The van der Waals surface area contributed by atoms with Gasteiger partial charge in [-0.05, 0) is 30.5 Å². The van der Waals surface area contributed by atoms with Crippen molar-refractivity contribution in [1.82, 2.24) is 20.8 Å². The average molecular weight is 354 g/mol. The van der Waals surface area contributed by atoms with Crippen molar-refractivity contribution < 1.29 is 14.4 Å². The highest BCUT2D eigenvalue weighted by Crippen LogP contribution is 2.39. The Labute approximate surface area is 148 Å². The zero-order chi connectivity index (χ0) is 18.1. The van der Waals surface area contributed by atoms with Crippen LogP contribution in [-0.4, -0.2) is 34.2 Å². The molecule has 1 unspecified atom stereocenters. The second-order valence-corrected chi connectivity index (χ2v) is 6.48. The normalized spacial score (nSPS) is 19.0. The van der Waals surface area contributed by atoms with E-state index in [2.05, 4.69) is 31.5 Å². The third-order valence-corrected chi connectivity index (χ3v) is 4.37. The lowest BCUT2D eigenvalue weighted by Crippen LogP contribution is -2.31. The number of carbonyl (C=O) groups excluding carboxylic acids is 3. The van der Waals surface area contributed by atoms with Gasteiger partial charge in [0.05, 0.1) is 0 Å². The van der Waals surface area contributed by atoms with Gasteiger partial charge in [-0.1, -0.05) is 12.1 Å². The first-order valence-corrected chi connectivity index (χ1v) is 8.40. The SMILES string of the molecule is O=C(Nc1ccc(CC2NC(=O)NC2=O)cc1)Nc1cc(C2CC2)[nH]n1. The van der Waals surface area contributed by atoms with Crippen LogP contribution in [0.5, 0.6) is 0 Å². The van der Waals surface area contributed by atoms with Crippen LogP contribution in [0.4, 0.5) is 21.1 Å². The summed E-state index contributed by atoms with van der Waals surface area (Å²) in [6.45, 7) is 0. The van der Waals surface area contributed by atoms with Gasteiger partial charge in [-0.3, -0.25) is 20.5 Å². The highest BCUT2D eigenvalue weighted by molar-refractivity contribution is 6.04. The van der Waals surface area contributed by atoms with Crippen LogP contribution in [-0.2, 0) is 11.2 Å². The fraction of sp³-hybridized carbons (Fsp3) is 0.294. The van der Waals surface area contributed by atoms with E-state index in [0.717, 1.165) is 24.1 Å². The first-order chi connectivity index (χ1) is 12.6. The first kappa shape index (κ1) is 16.1. The molecule has 2 fully saturated rings. The molecule has 0 radical (unpaired) electrons. The van der Waals surface area contributed by atoms with E-state index in [9.17, 15) is 14.4 Å². The molecule has 2 heterocycles.